The molecule has 0 saturated carbocycles. The van der Waals surface area contributed by atoms with Crippen LogP contribution in [-0.2, 0) is 25.6 Å². The molecule has 1 heterocycles. The summed E-state index contributed by atoms with van der Waals surface area (Å²) in [4.78, 5) is 48.4. The number of aromatic nitrogens is 2. The van der Waals surface area contributed by atoms with Crippen LogP contribution in [0.2, 0.25) is 0 Å². The molecule has 0 spiro atoms. The van der Waals surface area contributed by atoms with Crippen molar-refractivity contribution in [1.82, 2.24) is 9.13 Å². The average Bonchev–Trinajstić information content (AvgIpc) is 2.53. The SMILES string of the molecule is C=CCn1c(=O)c(I)cn(/C(=C\C(=O)OCC)C(=O)OCC)c1=O. The van der Waals surface area contributed by atoms with E-state index in [1.807, 2.05) is 0 Å². The molecule has 0 N–H and O–H groups in total. The zero-order valence-corrected chi connectivity index (χ0v) is 15.4. The Morgan fingerprint density at radius 3 is 2.42 bits per heavy atom. The second kappa shape index (κ2) is 9.21. The number of rotatable bonds is 7. The van der Waals surface area contributed by atoms with Crippen molar-refractivity contribution in [3.05, 3.63) is 49.3 Å². The van der Waals surface area contributed by atoms with E-state index in [2.05, 4.69) is 6.58 Å². The van der Waals surface area contributed by atoms with Crippen LogP contribution in [0, 0.1) is 3.57 Å². The second-order valence-electron chi connectivity index (χ2n) is 4.34. The lowest BCUT2D eigenvalue weighted by Gasteiger charge is -2.12. The molecule has 24 heavy (non-hydrogen) atoms. The van der Waals surface area contributed by atoms with E-state index >= 15 is 0 Å². The van der Waals surface area contributed by atoms with Crippen LogP contribution in [0.4, 0.5) is 0 Å². The predicted molar refractivity (Wildman–Crippen MR) is 95.4 cm³/mol. The molecule has 0 saturated heterocycles. The van der Waals surface area contributed by atoms with E-state index in [9.17, 15) is 19.2 Å². The van der Waals surface area contributed by atoms with Crippen LogP contribution in [0.5, 0.6) is 0 Å². The number of hydrogen-bond donors (Lipinski definition) is 0. The molecule has 1 aromatic heterocycles. The number of carbonyl (C=O) groups excluding carboxylic acids is 2. The summed E-state index contributed by atoms with van der Waals surface area (Å²) in [6.07, 6.45) is 3.41. The normalized spacial score (nSPS) is 11.0. The van der Waals surface area contributed by atoms with Crippen molar-refractivity contribution in [2.24, 2.45) is 0 Å². The van der Waals surface area contributed by atoms with Crippen LogP contribution < -0.4 is 11.2 Å². The number of hydrogen-bond acceptors (Lipinski definition) is 6. The molecule has 1 aromatic rings. The molecule has 0 radical (unpaired) electrons. The largest absolute Gasteiger partial charge is 0.463 e. The van der Waals surface area contributed by atoms with Gasteiger partial charge in [0, 0.05) is 12.7 Å². The van der Waals surface area contributed by atoms with Gasteiger partial charge in [0.15, 0.2) is 0 Å². The van der Waals surface area contributed by atoms with Gasteiger partial charge in [-0.3, -0.25) is 13.9 Å². The molecule has 0 bridgehead atoms. The van der Waals surface area contributed by atoms with Crippen LogP contribution in [0.1, 0.15) is 13.8 Å². The van der Waals surface area contributed by atoms with E-state index in [1.54, 1.807) is 36.4 Å². The molecule has 9 heteroatoms. The summed E-state index contributed by atoms with van der Waals surface area (Å²) in [5, 5.41) is 0. The summed E-state index contributed by atoms with van der Waals surface area (Å²) in [6, 6.07) is 0. The van der Waals surface area contributed by atoms with Crippen molar-refractivity contribution in [3.63, 3.8) is 0 Å². The summed E-state index contributed by atoms with van der Waals surface area (Å²) in [6.45, 7) is 6.80. The number of carbonyl (C=O) groups is 2. The molecule has 0 aliphatic heterocycles. The second-order valence-corrected chi connectivity index (χ2v) is 5.50. The number of nitrogens with zero attached hydrogens (tertiary/aromatic N) is 2. The molecular weight excluding hydrogens is 431 g/mol. The fraction of sp³-hybridized carbons (Fsp3) is 0.333. The lowest BCUT2D eigenvalue weighted by molar-refractivity contribution is -0.139. The molecule has 0 amide bonds. The highest BCUT2D eigenvalue weighted by Crippen LogP contribution is 2.07. The molecule has 0 aliphatic rings. The third-order valence-corrected chi connectivity index (χ3v) is 3.47. The quantitative estimate of drug-likeness (QED) is 0.265. The topological polar surface area (TPSA) is 96.6 Å². The first-order valence-electron chi connectivity index (χ1n) is 7.06. The van der Waals surface area contributed by atoms with Crippen LogP contribution >= 0.6 is 22.6 Å². The van der Waals surface area contributed by atoms with Crippen LogP contribution in [0.15, 0.2) is 34.5 Å². The Kier molecular flexibility index (Phi) is 7.62. The fourth-order valence-electron chi connectivity index (χ4n) is 1.76. The van der Waals surface area contributed by atoms with Crippen molar-refractivity contribution >= 4 is 40.2 Å². The standard InChI is InChI=1S/C15H17IN2O6/c1-4-7-17-13(20)10(16)9-18(15(17)22)11(14(21)24-6-3)8-12(19)23-5-2/h4,8-9H,1,5-7H2,2-3H3/b11-8-. The summed E-state index contributed by atoms with van der Waals surface area (Å²) in [7, 11) is 0. The van der Waals surface area contributed by atoms with Gasteiger partial charge in [-0.05, 0) is 36.4 Å². The van der Waals surface area contributed by atoms with Gasteiger partial charge in [-0.15, -0.1) is 6.58 Å². The highest BCUT2D eigenvalue weighted by atomic mass is 127. The van der Waals surface area contributed by atoms with Gasteiger partial charge < -0.3 is 9.47 Å². The molecule has 130 valence electrons. The minimum Gasteiger partial charge on any atom is -0.463 e. The van der Waals surface area contributed by atoms with Gasteiger partial charge in [0.25, 0.3) is 5.56 Å². The first-order chi connectivity index (χ1) is 11.4. The number of halogens is 1. The zero-order valence-electron chi connectivity index (χ0n) is 13.3. The molecule has 0 unspecified atom stereocenters. The van der Waals surface area contributed by atoms with Crippen molar-refractivity contribution in [2.75, 3.05) is 13.2 Å². The first-order valence-corrected chi connectivity index (χ1v) is 8.14. The maximum Gasteiger partial charge on any atom is 0.355 e. The summed E-state index contributed by atoms with van der Waals surface area (Å²) < 4.78 is 11.6. The van der Waals surface area contributed by atoms with E-state index in [1.165, 1.54) is 12.3 Å². The van der Waals surface area contributed by atoms with Crippen molar-refractivity contribution in [2.45, 2.75) is 20.4 Å². The molecule has 0 fully saturated rings. The van der Waals surface area contributed by atoms with E-state index in [-0.39, 0.29) is 29.0 Å². The summed E-state index contributed by atoms with van der Waals surface area (Å²) >= 11 is 1.74. The van der Waals surface area contributed by atoms with E-state index in [0.717, 1.165) is 15.2 Å². The van der Waals surface area contributed by atoms with Gasteiger partial charge in [0.1, 0.15) is 5.70 Å². The molecule has 1 rings (SSSR count). The van der Waals surface area contributed by atoms with Gasteiger partial charge in [-0.1, -0.05) is 6.08 Å². The summed E-state index contributed by atoms with van der Waals surface area (Å²) in [5.74, 6) is -1.68. The maximum absolute atomic E-state index is 12.5. The Morgan fingerprint density at radius 2 is 1.88 bits per heavy atom. The lowest BCUT2D eigenvalue weighted by atomic mass is 10.3. The van der Waals surface area contributed by atoms with E-state index < -0.39 is 23.2 Å². The van der Waals surface area contributed by atoms with Gasteiger partial charge in [0.05, 0.1) is 22.9 Å². The predicted octanol–water partition coefficient (Wildman–Crippen LogP) is 0.768. The monoisotopic (exact) mass is 448 g/mol. The highest BCUT2D eigenvalue weighted by Gasteiger charge is 2.20. The lowest BCUT2D eigenvalue weighted by Crippen LogP contribution is -2.41. The van der Waals surface area contributed by atoms with E-state index in [4.69, 9.17) is 9.47 Å². The molecular formula is C15H17IN2O6. The molecule has 0 atom stereocenters. The highest BCUT2D eigenvalue weighted by molar-refractivity contribution is 14.1. The Labute approximate surface area is 151 Å². The third-order valence-electron chi connectivity index (χ3n) is 2.73. The third kappa shape index (κ3) is 4.66. The summed E-state index contributed by atoms with van der Waals surface area (Å²) in [5.41, 5.74) is -1.64. The van der Waals surface area contributed by atoms with Gasteiger partial charge in [-0.2, -0.15) is 0 Å². The van der Waals surface area contributed by atoms with Crippen LogP contribution in [-0.4, -0.2) is 34.3 Å². The van der Waals surface area contributed by atoms with E-state index in [0.29, 0.717) is 0 Å². The minimum absolute atomic E-state index is 0.0377. The molecule has 8 nitrogen and oxygen atoms in total. The zero-order chi connectivity index (χ0) is 18.3. The van der Waals surface area contributed by atoms with Crippen molar-refractivity contribution in [3.8, 4) is 0 Å². The number of esters is 2. The van der Waals surface area contributed by atoms with Crippen LogP contribution in [0.3, 0.4) is 0 Å². The number of ether oxygens (including phenoxy) is 2. The van der Waals surface area contributed by atoms with Gasteiger partial charge in [0.2, 0.25) is 0 Å². The van der Waals surface area contributed by atoms with Gasteiger partial charge >= 0.3 is 17.6 Å². The Morgan fingerprint density at radius 1 is 1.25 bits per heavy atom. The van der Waals surface area contributed by atoms with Crippen molar-refractivity contribution < 1.29 is 19.1 Å². The van der Waals surface area contributed by atoms with Gasteiger partial charge in [-0.25, -0.2) is 14.4 Å². The number of allylic oxidation sites excluding steroid dienone is 1. The van der Waals surface area contributed by atoms with Crippen LogP contribution in [0.25, 0.3) is 5.70 Å². The molecule has 0 aromatic carbocycles. The minimum atomic E-state index is -0.882. The smallest absolute Gasteiger partial charge is 0.355 e. The first kappa shape index (κ1) is 19.9. The Hall–Kier alpha value is -2.17. The van der Waals surface area contributed by atoms with Crippen molar-refractivity contribution in [1.29, 1.82) is 0 Å². The average molecular weight is 448 g/mol. The fourth-order valence-corrected chi connectivity index (χ4v) is 2.33. The Balaban J connectivity index is 3.62. The molecule has 0 aliphatic carbocycles. The Bertz CT molecular complexity index is 790. The maximum atomic E-state index is 12.5.